The molecular weight excluding hydrogens is 269 g/mol. The zero-order chi connectivity index (χ0) is 15.2. The van der Waals surface area contributed by atoms with Crippen LogP contribution in [-0.4, -0.2) is 12.1 Å². The highest BCUT2D eigenvalue weighted by molar-refractivity contribution is 5.35. The number of rotatable bonds is 6. The van der Waals surface area contributed by atoms with E-state index < -0.39 is 17.3 Å². The van der Waals surface area contributed by atoms with Crippen molar-refractivity contribution in [2.75, 3.05) is 6.61 Å². The molecule has 0 heterocycles. The van der Waals surface area contributed by atoms with Crippen LogP contribution < -0.4 is 10.5 Å². The van der Waals surface area contributed by atoms with Gasteiger partial charge in [0, 0.05) is 0 Å². The second-order valence-corrected chi connectivity index (χ2v) is 4.57. The summed E-state index contributed by atoms with van der Waals surface area (Å²) < 4.78 is 43.3. The van der Waals surface area contributed by atoms with E-state index in [1.54, 1.807) is 6.92 Å². The third-order valence-corrected chi connectivity index (χ3v) is 3.07. The topological polar surface area (TPSA) is 59.0 Å². The fourth-order valence-corrected chi connectivity index (χ4v) is 1.71. The highest BCUT2D eigenvalue weighted by atomic mass is 19.4. The first-order chi connectivity index (χ1) is 9.32. The quantitative estimate of drug-likeness (QED) is 0.814. The molecule has 3 nitrogen and oxygen atoms in total. The van der Waals surface area contributed by atoms with E-state index in [2.05, 4.69) is 0 Å². The molecule has 110 valence electrons. The van der Waals surface area contributed by atoms with Gasteiger partial charge in [-0.15, -0.1) is 0 Å². The maximum atomic E-state index is 12.7. The van der Waals surface area contributed by atoms with Crippen molar-refractivity contribution in [3.05, 3.63) is 29.8 Å². The predicted octanol–water partition coefficient (Wildman–Crippen LogP) is 3.50. The molecule has 0 saturated heterocycles. The van der Waals surface area contributed by atoms with Crippen molar-refractivity contribution < 1.29 is 17.9 Å². The number of halogens is 3. The molecule has 0 saturated carbocycles. The third kappa shape index (κ3) is 4.42. The first kappa shape index (κ1) is 16.3. The van der Waals surface area contributed by atoms with Crippen LogP contribution in [0.25, 0.3) is 0 Å². The number of alkyl halides is 3. The van der Waals surface area contributed by atoms with Crippen LogP contribution in [0.3, 0.4) is 0 Å². The third-order valence-electron chi connectivity index (χ3n) is 3.07. The number of benzene rings is 1. The molecule has 20 heavy (non-hydrogen) atoms. The van der Waals surface area contributed by atoms with Gasteiger partial charge in [-0.05, 0) is 31.4 Å². The minimum atomic E-state index is -4.44. The summed E-state index contributed by atoms with van der Waals surface area (Å²) in [4.78, 5) is 0. The first-order valence-electron chi connectivity index (χ1n) is 6.31. The average Bonchev–Trinajstić information content (AvgIpc) is 2.43. The molecular formula is C14H17F3N2O. The Labute approximate surface area is 116 Å². The number of para-hydroxylation sites is 1. The molecule has 1 unspecified atom stereocenters. The summed E-state index contributed by atoms with van der Waals surface area (Å²) in [6.07, 6.45) is -3.15. The zero-order valence-corrected chi connectivity index (χ0v) is 11.2. The van der Waals surface area contributed by atoms with E-state index in [0.29, 0.717) is 19.3 Å². The lowest BCUT2D eigenvalue weighted by atomic mass is 9.94. The second-order valence-electron chi connectivity index (χ2n) is 4.57. The van der Waals surface area contributed by atoms with Crippen molar-refractivity contribution in [2.24, 2.45) is 5.73 Å². The number of nitriles is 1. The minimum Gasteiger partial charge on any atom is -0.493 e. The number of nitrogens with zero attached hydrogens (tertiary/aromatic N) is 1. The monoisotopic (exact) mass is 286 g/mol. The molecule has 1 aromatic rings. The molecule has 1 rings (SSSR count). The van der Waals surface area contributed by atoms with Gasteiger partial charge in [0.1, 0.15) is 11.3 Å². The minimum absolute atomic E-state index is 0.0910. The molecule has 0 bridgehead atoms. The lowest BCUT2D eigenvalue weighted by molar-refractivity contribution is -0.139. The van der Waals surface area contributed by atoms with Gasteiger partial charge in [-0.1, -0.05) is 19.1 Å². The van der Waals surface area contributed by atoms with E-state index in [1.807, 2.05) is 6.07 Å². The molecule has 0 aromatic heterocycles. The van der Waals surface area contributed by atoms with Crippen LogP contribution in [-0.2, 0) is 6.18 Å². The summed E-state index contributed by atoms with van der Waals surface area (Å²) in [6.45, 7) is 1.89. The van der Waals surface area contributed by atoms with Crippen LogP contribution in [0.1, 0.15) is 31.7 Å². The Bertz CT molecular complexity index is 482. The zero-order valence-electron chi connectivity index (χ0n) is 11.2. The van der Waals surface area contributed by atoms with E-state index >= 15 is 0 Å². The van der Waals surface area contributed by atoms with E-state index in [-0.39, 0.29) is 12.4 Å². The summed E-state index contributed by atoms with van der Waals surface area (Å²) in [5.74, 6) is -0.198. The first-order valence-corrected chi connectivity index (χ1v) is 6.31. The summed E-state index contributed by atoms with van der Waals surface area (Å²) >= 11 is 0. The predicted molar refractivity (Wildman–Crippen MR) is 69.0 cm³/mol. The Morgan fingerprint density at radius 1 is 1.30 bits per heavy atom. The van der Waals surface area contributed by atoms with Gasteiger partial charge < -0.3 is 10.5 Å². The summed E-state index contributed by atoms with van der Waals surface area (Å²) in [5, 5.41) is 8.89. The Hall–Kier alpha value is -1.74. The Morgan fingerprint density at radius 3 is 2.50 bits per heavy atom. The molecule has 1 aromatic carbocycles. The van der Waals surface area contributed by atoms with Crippen LogP contribution in [0.15, 0.2) is 24.3 Å². The molecule has 6 heteroatoms. The molecule has 1 atom stereocenters. The smallest absolute Gasteiger partial charge is 0.419 e. The van der Waals surface area contributed by atoms with Gasteiger partial charge in [0.2, 0.25) is 0 Å². The van der Waals surface area contributed by atoms with Gasteiger partial charge >= 0.3 is 6.18 Å². The number of nitrogens with two attached hydrogens (primary N) is 1. The Balaban J connectivity index is 2.58. The highest BCUT2D eigenvalue weighted by Crippen LogP contribution is 2.35. The summed E-state index contributed by atoms with van der Waals surface area (Å²) in [6, 6.07) is 7.06. The fourth-order valence-electron chi connectivity index (χ4n) is 1.71. The molecule has 0 aliphatic heterocycles. The van der Waals surface area contributed by atoms with Crippen molar-refractivity contribution in [2.45, 2.75) is 37.9 Å². The van der Waals surface area contributed by atoms with Gasteiger partial charge in [-0.2, -0.15) is 18.4 Å². The highest BCUT2D eigenvalue weighted by Gasteiger charge is 2.34. The largest absolute Gasteiger partial charge is 0.493 e. The number of ether oxygens (including phenoxy) is 1. The van der Waals surface area contributed by atoms with Crippen LogP contribution >= 0.6 is 0 Å². The molecule has 0 radical (unpaired) electrons. The van der Waals surface area contributed by atoms with Crippen LogP contribution in [0, 0.1) is 11.3 Å². The molecule has 0 aliphatic rings. The lowest BCUT2D eigenvalue weighted by Crippen LogP contribution is -2.37. The van der Waals surface area contributed by atoms with Gasteiger partial charge in [0.05, 0.1) is 18.2 Å². The second kappa shape index (κ2) is 6.62. The van der Waals surface area contributed by atoms with Crippen LogP contribution in [0.5, 0.6) is 5.75 Å². The standard InChI is InChI=1S/C14H17F3N2O/c1-2-13(19,10-18)8-5-9-20-12-7-4-3-6-11(12)14(15,16)17/h3-4,6-7H,2,5,8-9,19H2,1H3. The van der Waals surface area contributed by atoms with Gasteiger partial charge in [-0.3, -0.25) is 0 Å². The van der Waals surface area contributed by atoms with E-state index in [9.17, 15) is 13.2 Å². The fraction of sp³-hybridized carbons (Fsp3) is 0.500. The summed E-state index contributed by atoms with van der Waals surface area (Å²) in [5.41, 5.74) is 4.04. The number of hydrogen-bond acceptors (Lipinski definition) is 3. The molecule has 0 aliphatic carbocycles. The molecule has 0 fully saturated rings. The normalized spacial score (nSPS) is 14.4. The Morgan fingerprint density at radius 2 is 1.95 bits per heavy atom. The van der Waals surface area contributed by atoms with Gasteiger partial charge in [0.15, 0.2) is 0 Å². The van der Waals surface area contributed by atoms with Crippen LogP contribution in [0.2, 0.25) is 0 Å². The van der Waals surface area contributed by atoms with E-state index in [0.717, 1.165) is 6.07 Å². The lowest BCUT2D eigenvalue weighted by Gasteiger charge is -2.19. The Kier molecular flexibility index (Phi) is 5.40. The van der Waals surface area contributed by atoms with Crippen molar-refractivity contribution >= 4 is 0 Å². The van der Waals surface area contributed by atoms with Crippen molar-refractivity contribution in [3.63, 3.8) is 0 Å². The maximum absolute atomic E-state index is 12.7. The summed E-state index contributed by atoms with van der Waals surface area (Å²) in [7, 11) is 0. The van der Waals surface area contributed by atoms with Crippen LogP contribution in [0.4, 0.5) is 13.2 Å². The van der Waals surface area contributed by atoms with Gasteiger partial charge in [-0.25, -0.2) is 0 Å². The maximum Gasteiger partial charge on any atom is 0.419 e. The SMILES string of the molecule is CCC(N)(C#N)CCCOc1ccccc1C(F)(F)F. The van der Waals surface area contributed by atoms with E-state index in [1.165, 1.54) is 18.2 Å². The molecule has 0 spiro atoms. The number of hydrogen-bond donors (Lipinski definition) is 1. The molecule has 2 N–H and O–H groups in total. The van der Waals surface area contributed by atoms with Crippen molar-refractivity contribution in [1.29, 1.82) is 5.26 Å². The van der Waals surface area contributed by atoms with Crippen molar-refractivity contribution in [1.82, 2.24) is 0 Å². The van der Waals surface area contributed by atoms with Gasteiger partial charge in [0.25, 0.3) is 0 Å². The average molecular weight is 286 g/mol. The van der Waals surface area contributed by atoms with E-state index in [4.69, 9.17) is 15.7 Å². The van der Waals surface area contributed by atoms with Crippen molar-refractivity contribution in [3.8, 4) is 11.8 Å². The molecule has 0 amide bonds.